The summed E-state index contributed by atoms with van der Waals surface area (Å²) in [5, 5.41) is 5.66. The number of rotatable bonds is 7. The molecule has 0 aliphatic heterocycles. The lowest BCUT2D eigenvalue weighted by Gasteiger charge is -2.20. The van der Waals surface area contributed by atoms with Gasteiger partial charge in [-0.3, -0.25) is 4.79 Å². The second-order valence-corrected chi connectivity index (χ2v) is 7.33. The summed E-state index contributed by atoms with van der Waals surface area (Å²) in [5.41, 5.74) is 1.39. The summed E-state index contributed by atoms with van der Waals surface area (Å²) in [6.07, 6.45) is 0.182. The Labute approximate surface area is 161 Å². The molecule has 0 fully saturated rings. The first-order valence-corrected chi connectivity index (χ1v) is 9.21. The van der Waals surface area contributed by atoms with Gasteiger partial charge in [0.25, 0.3) is 0 Å². The van der Waals surface area contributed by atoms with Crippen molar-refractivity contribution in [3.8, 4) is 0 Å². The Bertz CT molecular complexity index is 685. The second-order valence-electron chi connectivity index (χ2n) is 7.33. The summed E-state index contributed by atoms with van der Waals surface area (Å²) in [7, 11) is 0. The molecule has 0 aliphatic carbocycles. The van der Waals surface area contributed by atoms with Gasteiger partial charge in [0.1, 0.15) is 5.60 Å². The van der Waals surface area contributed by atoms with Crippen LogP contribution in [0.2, 0.25) is 0 Å². The maximum atomic E-state index is 12.8. The zero-order valence-corrected chi connectivity index (χ0v) is 16.2. The fourth-order valence-corrected chi connectivity index (χ4v) is 2.69. The molecule has 0 radical (unpaired) electrons. The van der Waals surface area contributed by atoms with Gasteiger partial charge in [0.05, 0.1) is 5.92 Å². The largest absolute Gasteiger partial charge is 0.444 e. The average Bonchev–Trinajstić information content (AvgIpc) is 2.62. The van der Waals surface area contributed by atoms with Crippen LogP contribution in [0.1, 0.15) is 44.2 Å². The molecule has 5 heteroatoms. The van der Waals surface area contributed by atoms with Gasteiger partial charge in [-0.15, -0.1) is 0 Å². The van der Waals surface area contributed by atoms with E-state index in [9.17, 15) is 9.59 Å². The number of alkyl carbamates (subject to hydrolysis) is 1. The molecule has 0 bridgehead atoms. The van der Waals surface area contributed by atoms with Crippen LogP contribution >= 0.6 is 0 Å². The molecule has 2 rings (SSSR count). The minimum absolute atomic E-state index is 0.0512. The number of ether oxygens (including phenoxy) is 1. The fraction of sp³-hybridized carbons (Fsp3) is 0.364. The molecule has 0 aliphatic rings. The van der Waals surface area contributed by atoms with Gasteiger partial charge in [-0.25, -0.2) is 4.79 Å². The molecule has 144 valence electrons. The van der Waals surface area contributed by atoms with E-state index in [1.54, 1.807) is 0 Å². The lowest BCUT2D eigenvalue weighted by molar-refractivity contribution is -0.121. The smallest absolute Gasteiger partial charge is 0.407 e. The van der Waals surface area contributed by atoms with Crippen LogP contribution in [0, 0.1) is 0 Å². The van der Waals surface area contributed by atoms with Gasteiger partial charge in [-0.2, -0.15) is 0 Å². The zero-order valence-electron chi connectivity index (χ0n) is 16.2. The molecule has 0 heterocycles. The van der Waals surface area contributed by atoms with E-state index in [-0.39, 0.29) is 11.8 Å². The molecular formula is C22H28N2O3. The van der Waals surface area contributed by atoms with Gasteiger partial charge in [0.2, 0.25) is 5.91 Å². The Kier molecular flexibility index (Phi) is 7.41. The molecule has 0 aromatic heterocycles. The predicted octanol–water partition coefficient (Wildman–Crippen LogP) is 3.85. The number of amides is 2. The zero-order chi connectivity index (χ0) is 19.7. The lowest BCUT2D eigenvalue weighted by Crippen LogP contribution is -2.35. The van der Waals surface area contributed by atoms with Crippen molar-refractivity contribution < 1.29 is 14.3 Å². The third-order valence-corrected chi connectivity index (χ3v) is 3.85. The van der Waals surface area contributed by atoms with E-state index in [1.807, 2.05) is 81.4 Å². The quantitative estimate of drug-likeness (QED) is 0.730. The molecule has 2 aromatic carbocycles. The monoisotopic (exact) mass is 368 g/mol. The van der Waals surface area contributed by atoms with E-state index >= 15 is 0 Å². The van der Waals surface area contributed by atoms with Crippen molar-refractivity contribution in [2.45, 2.75) is 38.7 Å². The highest BCUT2D eigenvalue weighted by atomic mass is 16.6. The van der Waals surface area contributed by atoms with E-state index in [0.717, 1.165) is 11.1 Å². The van der Waals surface area contributed by atoms with Gasteiger partial charge < -0.3 is 15.4 Å². The number of hydrogen-bond acceptors (Lipinski definition) is 3. The van der Waals surface area contributed by atoms with Gasteiger partial charge in [0.15, 0.2) is 0 Å². The average molecular weight is 368 g/mol. The van der Waals surface area contributed by atoms with E-state index in [0.29, 0.717) is 19.5 Å². The summed E-state index contributed by atoms with van der Waals surface area (Å²) in [4.78, 5) is 24.4. The Morgan fingerprint density at radius 1 is 0.852 bits per heavy atom. The van der Waals surface area contributed by atoms with E-state index in [2.05, 4.69) is 10.6 Å². The van der Waals surface area contributed by atoms with Crippen LogP contribution in [0.3, 0.4) is 0 Å². The first-order valence-electron chi connectivity index (χ1n) is 9.21. The van der Waals surface area contributed by atoms with E-state index in [1.165, 1.54) is 0 Å². The van der Waals surface area contributed by atoms with Crippen molar-refractivity contribution in [3.63, 3.8) is 0 Å². The Balaban J connectivity index is 1.87. The van der Waals surface area contributed by atoms with Crippen LogP contribution in [0.15, 0.2) is 60.7 Å². The Hall–Kier alpha value is -2.82. The van der Waals surface area contributed by atoms with Crippen LogP contribution < -0.4 is 10.6 Å². The van der Waals surface area contributed by atoms with Gasteiger partial charge in [-0.1, -0.05) is 60.7 Å². The third kappa shape index (κ3) is 7.13. The van der Waals surface area contributed by atoms with Crippen LogP contribution in [-0.2, 0) is 9.53 Å². The first-order chi connectivity index (χ1) is 12.9. The number of nitrogens with one attached hydrogen (secondary N) is 2. The van der Waals surface area contributed by atoms with Crippen LogP contribution in [0.4, 0.5) is 4.79 Å². The Morgan fingerprint density at radius 3 is 1.81 bits per heavy atom. The summed E-state index contributed by atoms with van der Waals surface area (Å²) in [6, 6.07) is 19.4. The summed E-state index contributed by atoms with van der Waals surface area (Å²) in [6.45, 7) is 6.38. The number of hydrogen-bond donors (Lipinski definition) is 2. The highest BCUT2D eigenvalue weighted by Crippen LogP contribution is 2.24. The summed E-state index contributed by atoms with van der Waals surface area (Å²) >= 11 is 0. The highest BCUT2D eigenvalue weighted by Gasteiger charge is 2.22. The molecule has 0 spiro atoms. The van der Waals surface area contributed by atoms with Crippen LogP contribution in [0.25, 0.3) is 0 Å². The van der Waals surface area contributed by atoms with E-state index in [4.69, 9.17) is 4.74 Å². The molecule has 0 unspecified atom stereocenters. The summed E-state index contributed by atoms with van der Waals surface area (Å²) < 4.78 is 5.18. The molecule has 27 heavy (non-hydrogen) atoms. The first kappa shape index (κ1) is 20.5. The van der Waals surface area contributed by atoms with Gasteiger partial charge in [-0.05, 0) is 38.3 Å². The van der Waals surface area contributed by atoms with Gasteiger partial charge >= 0.3 is 6.09 Å². The standard InChI is InChI=1S/C22H28N2O3/c1-22(2,3)27-21(26)24-16-10-15-23-20(25)19(17-11-6-4-7-12-17)18-13-8-5-9-14-18/h4-9,11-14,19H,10,15-16H2,1-3H3,(H,23,25)(H,24,26). The molecule has 0 atom stereocenters. The lowest BCUT2D eigenvalue weighted by atomic mass is 9.90. The second kappa shape index (κ2) is 9.76. The van der Waals surface area contributed by atoms with Crippen molar-refractivity contribution in [1.29, 1.82) is 0 Å². The minimum Gasteiger partial charge on any atom is -0.444 e. The third-order valence-electron chi connectivity index (χ3n) is 3.85. The normalized spacial score (nSPS) is 11.1. The molecule has 0 saturated carbocycles. The van der Waals surface area contributed by atoms with Crippen LogP contribution in [0.5, 0.6) is 0 Å². The minimum atomic E-state index is -0.517. The Morgan fingerprint density at radius 2 is 1.33 bits per heavy atom. The maximum absolute atomic E-state index is 12.8. The predicted molar refractivity (Wildman–Crippen MR) is 107 cm³/mol. The molecule has 0 saturated heterocycles. The molecule has 5 nitrogen and oxygen atoms in total. The highest BCUT2D eigenvalue weighted by molar-refractivity contribution is 5.87. The molecular weight excluding hydrogens is 340 g/mol. The van der Waals surface area contributed by atoms with Gasteiger partial charge in [0, 0.05) is 13.1 Å². The van der Waals surface area contributed by atoms with Crippen molar-refractivity contribution in [2.24, 2.45) is 0 Å². The fourth-order valence-electron chi connectivity index (χ4n) is 2.69. The molecule has 2 aromatic rings. The maximum Gasteiger partial charge on any atom is 0.407 e. The number of carbonyl (C=O) groups excluding carboxylic acids is 2. The summed E-state index contributed by atoms with van der Waals surface area (Å²) in [5.74, 6) is -0.407. The number of benzene rings is 2. The van der Waals surface area contributed by atoms with E-state index < -0.39 is 11.7 Å². The topological polar surface area (TPSA) is 67.4 Å². The van der Waals surface area contributed by atoms with Crippen molar-refractivity contribution >= 4 is 12.0 Å². The van der Waals surface area contributed by atoms with Crippen molar-refractivity contribution in [3.05, 3.63) is 71.8 Å². The number of carbonyl (C=O) groups is 2. The molecule has 2 N–H and O–H groups in total. The van der Waals surface area contributed by atoms with Crippen molar-refractivity contribution in [2.75, 3.05) is 13.1 Å². The van der Waals surface area contributed by atoms with Crippen LogP contribution in [-0.4, -0.2) is 30.7 Å². The van der Waals surface area contributed by atoms with Crippen molar-refractivity contribution in [1.82, 2.24) is 10.6 Å². The SMILES string of the molecule is CC(C)(C)OC(=O)NCCCNC(=O)C(c1ccccc1)c1ccccc1. The molecule has 2 amide bonds.